The molecule has 0 spiro atoms. The Morgan fingerprint density at radius 3 is 2.71 bits per heavy atom. The predicted molar refractivity (Wildman–Crippen MR) is 85.1 cm³/mol. The number of rotatable bonds is 6. The highest BCUT2D eigenvalue weighted by atomic mass is 79.9. The van der Waals surface area contributed by atoms with Crippen LogP contribution in [0.1, 0.15) is 11.3 Å². The smallest absolute Gasteiger partial charge is 0.244 e. The summed E-state index contributed by atoms with van der Waals surface area (Å²) in [6.07, 6.45) is 3.04. The van der Waals surface area contributed by atoms with Crippen molar-refractivity contribution in [2.24, 2.45) is 0 Å². The molecule has 2 rings (SSSR count). The van der Waals surface area contributed by atoms with Crippen molar-refractivity contribution in [2.75, 3.05) is 13.2 Å². The minimum Gasteiger partial charge on any atom is -0.492 e. The van der Waals surface area contributed by atoms with E-state index in [-0.39, 0.29) is 5.91 Å². The van der Waals surface area contributed by atoms with Gasteiger partial charge in [0.15, 0.2) is 4.67 Å². The van der Waals surface area contributed by atoms with Gasteiger partial charge < -0.3 is 14.5 Å². The lowest BCUT2D eigenvalue weighted by atomic mass is 10.2. The van der Waals surface area contributed by atoms with Gasteiger partial charge in [-0.05, 0) is 53.2 Å². The lowest BCUT2D eigenvalue weighted by molar-refractivity contribution is -0.116. The van der Waals surface area contributed by atoms with Gasteiger partial charge in [-0.25, -0.2) is 0 Å². The summed E-state index contributed by atoms with van der Waals surface area (Å²) in [5.41, 5.74) is 1.19. The van der Waals surface area contributed by atoms with Crippen molar-refractivity contribution in [3.8, 4) is 5.75 Å². The van der Waals surface area contributed by atoms with Gasteiger partial charge in [0.2, 0.25) is 5.91 Å². The van der Waals surface area contributed by atoms with E-state index in [4.69, 9.17) is 9.15 Å². The third kappa shape index (κ3) is 5.47. The summed E-state index contributed by atoms with van der Waals surface area (Å²) in [6.45, 7) is 2.89. The van der Waals surface area contributed by atoms with E-state index in [1.54, 1.807) is 18.2 Å². The molecule has 0 aliphatic heterocycles. The SMILES string of the molecule is Cc1ccc(OCCNC(=O)/C=C/c2ccc(Br)o2)cc1. The average Bonchev–Trinajstić information content (AvgIpc) is 2.89. The molecule has 0 saturated carbocycles. The van der Waals surface area contributed by atoms with Crippen molar-refractivity contribution >= 4 is 27.9 Å². The zero-order valence-corrected chi connectivity index (χ0v) is 13.2. The van der Waals surface area contributed by atoms with E-state index in [0.717, 1.165) is 5.75 Å². The first kappa shape index (κ1) is 15.4. The number of carbonyl (C=O) groups is 1. The molecule has 0 aliphatic carbocycles. The van der Waals surface area contributed by atoms with Gasteiger partial charge in [0.25, 0.3) is 0 Å². The predicted octanol–water partition coefficient (Wildman–Crippen LogP) is 3.56. The quantitative estimate of drug-likeness (QED) is 0.640. The number of nitrogens with one attached hydrogen (secondary N) is 1. The van der Waals surface area contributed by atoms with Crippen LogP contribution in [-0.4, -0.2) is 19.1 Å². The van der Waals surface area contributed by atoms with Crippen LogP contribution in [0.5, 0.6) is 5.75 Å². The summed E-state index contributed by atoms with van der Waals surface area (Å²) in [6, 6.07) is 11.3. The summed E-state index contributed by atoms with van der Waals surface area (Å²) < 4.78 is 11.4. The number of carbonyl (C=O) groups excluding carboxylic acids is 1. The highest BCUT2D eigenvalue weighted by Gasteiger charge is 1.98. The number of hydrogen-bond donors (Lipinski definition) is 1. The molecule has 0 fully saturated rings. The number of hydrogen-bond acceptors (Lipinski definition) is 3. The normalized spacial score (nSPS) is 10.8. The van der Waals surface area contributed by atoms with Crippen LogP contribution in [0.2, 0.25) is 0 Å². The lowest BCUT2D eigenvalue weighted by Crippen LogP contribution is -2.26. The topological polar surface area (TPSA) is 51.5 Å². The van der Waals surface area contributed by atoms with E-state index in [2.05, 4.69) is 21.2 Å². The Labute approximate surface area is 131 Å². The van der Waals surface area contributed by atoms with Crippen LogP contribution in [0.15, 0.2) is 51.6 Å². The van der Waals surface area contributed by atoms with Crippen molar-refractivity contribution in [1.82, 2.24) is 5.32 Å². The first-order valence-corrected chi connectivity index (χ1v) is 7.33. The maximum Gasteiger partial charge on any atom is 0.244 e. The Bertz CT molecular complexity index is 617. The molecule has 1 amide bonds. The molecule has 0 aliphatic rings. The molecule has 1 heterocycles. The molecule has 2 aromatic rings. The number of aryl methyl sites for hydroxylation is 1. The molecule has 0 atom stereocenters. The first-order valence-electron chi connectivity index (χ1n) is 6.54. The van der Waals surface area contributed by atoms with Crippen LogP contribution in [0.3, 0.4) is 0 Å². The van der Waals surface area contributed by atoms with E-state index >= 15 is 0 Å². The van der Waals surface area contributed by atoms with Crippen molar-refractivity contribution in [3.63, 3.8) is 0 Å². The van der Waals surface area contributed by atoms with E-state index in [1.807, 2.05) is 31.2 Å². The standard InChI is InChI=1S/C16H16BrNO3/c1-12-2-4-13(5-3-12)20-11-10-18-16(19)9-7-14-6-8-15(17)21-14/h2-9H,10-11H2,1H3,(H,18,19)/b9-7+. The summed E-state index contributed by atoms with van der Waals surface area (Å²) in [5.74, 6) is 1.23. The molecule has 0 saturated heterocycles. The van der Waals surface area contributed by atoms with Gasteiger partial charge in [0.05, 0.1) is 6.54 Å². The number of benzene rings is 1. The molecule has 110 valence electrons. The van der Waals surface area contributed by atoms with Crippen molar-refractivity contribution in [2.45, 2.75) is 6.92 Å². The Kier molecular flexibility index (Phi) is 5.63. The molecular weight excluding hydrogens is 334 g/mol. The highest BCUT2D eigenvalue weighted by molar-refractivity contribution is 9.10. The Morgan fingerprint density at radius 1 is 1.29 bits per heavy atom. The van der Waals surface area contributed by atoms with E-state index in [0.29, 0.717) is 23.6 Å². The first-order chi connectivity index (χ1) is 10.1. The van der Waals surface area contributed by atoms with E-state index < -0.39 is 0 Å². The lowest BCUT2D eigenvalue weighted by Gasteiger charge is -2.06. The molecule has 1 aromatic heterocycles. The molecular formula is C16H16BrNO3. The fourth-order valence-electron chi connectivity index (χ4n) is 1.61. The average molecular weight is 350 g/mol. The van der Waals surface area contributed by atoms with Crippen LogP contribution >= 0.6 is 15.9 Å². The van der Waals surface area contributed by atoms with E-state index in [9.17, 15) is 4.79 Å². The van der Waals surface area contributed by atoms with Crippen molar-refractivity contribution in [3.05, 3.63) is 58.5 Å². The molecule has 4 nitrogen and oxygen atoms in total. The number of halogens is 1. The molecule has 0 bridgehead atoms. The van der Waals surface area contributed by atoms with Crippen molar-refractivity contribution < 1.29 is 13.9 Å². The maximum absolute atomic E-state index is 11.6. The second-order valence-electron chi connectivity index (χ2n) is 4.43. The van der Waals surface area contributed by atoms with Crippen LogP contribution in [0.25, 0.3) is 6.08 Å². The molecule has 21 heavy (non-hydrogen) atoms. The monoisotopic (exact) mass is 349 g/mol. The van der Waals surface area contributed by atoms with Gasteiger partial charge in [-0.2, -0.15) is 0 Å². The van der Waals surface area contributed by atoms with E-state index in [1.165, 1.54) is 11.6 Å². The molecule has 5 heteroatoms. The van der Waals surface area contributed by atoms with Crippen LogP contribution < -0.4 is 10.1 Å². The second-order valence-corrected chi connectivity index (χ2v) is 5.21. The minimum absolute atomic E-state index is 0.185. The van der Waals surface area contributed by atoms with Gasteiger partial charge in [0.1, 0.15) is 18.1 Å². The van der Waals surface area contributed by atoms with Gasteiger partial charge in [-0.15, -0.1) is 0 Å². The zero-order chi connectivity index (χ0) is 15.1. The maximum atomic E-state index is 11.6. The van der Waals surface area contributed by atoms with Gasteiger partial charge in [0, 0.05) is 6.08 Å². The largest absolute Gasteiger partial charge is 0.492 e. The molecule has 0 unspecified atom stereocenters. The molecule has 1 aromatic carbocycles. The van der Waals surface area contributed by atoms with Crippen LogP contribution in [0, 0.1) is 6.92 Å². The highest BCUT2D eigenvalue weighted by Crippen LogP contribution is 2.14. The summed E-state index contributed by atoms with van der Waals surface area (Å²) in [4.78, 5) is 11.6. The Balaban J connectivity index is 1.67. The van der Waals surface area contributed by atoms with Gasteiger partial charge >= 0.3 is 0 Å². The Hall–Kier alpha value is -2.01. The fraction of sp³-hybridized carbons (Fsp3) is 0.188. The fourth-order valence-corrected chi connectivity index (χ4v) is 1.93. The number of amides is 1. The molecule has 0 radical (unpaired) electrons. The summed E-state index contributed by atoms with van der Waals surface area (Å²) in [7, 11) is 0. The third-order valence-corrected chi connectivity index (χ3v) is 3.11. The second kappa shape index (κ2) is 7.69. The Morgan fingerprint density at radius 2 is 2.05 bits per heavy atom. The van der Waals surface area contributed by atoms with Gasteiger partial charge in [-0.3, -0.25) is 4.79 Å². The minimum atomic E-state index is -0.185. The summed E-state index contributed by atoms with van der Waals surface area (Å²) in [5, 5.41) is 2.74. The third-order valence-electron chi connectivity index (χ3n) is 2.68. The van der Waals surface area contributed by atoms with Gasteiger partial charge in [-0.1, -0.05) is 17.7 Å². The number of furan rings is 1. The van der Waals surface area contributed by atoms with Crippen molar-refractivity contribution in [1.29, 1.82) is 0 Å². The summed E-state index contributed by atoms with van der Waals surface area (Å²) >= 11 is 3.20. The van der Waals surface area contributed by atoms with Crippen LogP contribution in [-0.2, 0) is 4.79 Å². The number of ether oxygens (including phenoxy) is 1. The van der Waals surface area contributed by atoms with Crippen LogP contribution in [0.4, 0.5) is 0 Å². The molecule has 1 N–H and O–H groups in total. The zero-order valence-electron chi connectivity index (χ0n) is 11.6.